The smallest absolute Gasteiger partial charge is 0.240 e. The summed E-state index contributed by atoms with van der Waals surface area (Å²) in [6.07, 6.45) is 3.89. The summed E-state index contributed by atoms with van der Waals surface area (Å²) in [4.78, 5) is 0.262. The average molecular weight is 313 g/mol. The van der Waals surface area contributed by atoms with E-state index in [0.717, 1.165) is 18.6 Å². The zero-order valence-electron chi connectivity index (χ0n) is 12.1. The summed E-state index contributed by atoms with van der Waals surface area (Å²) in [6, 6.07) is 6.77. The number of hydrogen-bond donors (Lipinski definition) is 2. The van der Waals surface area contributed by atoms with Gasteiger partial charge in [0.25, 0.3) is 0 Å². The molecule has 0 radical (unpaired) electrons. The Hall–Kier alpha value is -0.950. The third-order valence-corrected chi connectivity index (χ3v) is 4.92. The van der Waals surface area contributed by atoms with Crippen molar-refractivity contribution in [3.63, 3.8) is 0 Å². The Morgan fingerprint density at radius 1 is 1.24 bits per heavy atom. The molecular formula is C15H23NO4S. The molecule has 1 aromatic rings. The quantitative estimate of drug-likeness (QED) is 0.639. The Morgan fingerprint density at radius 3 is 2.57 bits per heavy atom. The highest BCUT2D eigenvalue weighted by Crippen LogP contribution is 2.28. The van der Waals surface area contributed by atoms with Crippen LogP contribution < -0.4 is 4.72 Å². The van der Waals surface area contributed by atoms with Crippen LogP contribution in [0.1, 0.15) is 24.8 Å². The fourth-order valence-electron chi connectivity index (χ4n) is 1.98. The molecule has 0 bridgehead atoms. The van der Waals surface area contributed by atoms with E-state index in [1.165, 1.54) is 12.8 Å². The van der Waals surface area contributed by atoms with Gasteiger partial charge in [-0.1, -0.05) is 12.1 Å². The van der Waals surface area contributed by atoms with E-state index < -0.39 is 10.0 Å². The molecule has 0 unspecified atom stereocenters. The summed E-state index contributed by atoms with van der Waals surface area (Å²) < 4.78 is 32.1. The van der Waals surface area contributed by atoms with Crippen molar-refractivity contribution in [2.45, 2.75) is 30.6 Å². The van der Waals surface area contributed by atoms with Gasteiger partial charge in [0.2, 0.25) is 10.0 Å². The lowest BCUT2D eigenvalue weighted by molar-refractivity contribution is 0.129. The number of aliphatic hydroxyl groups excluding tert-OH is 1. The summed E-state index contributed by atoms with van der Waals surface area (Å²) in [6.45, 7) is 1.58. The zero-order chi connectivity index (χ0) is 15.1. The van der Waals surface area contributed by atoms with Crippen molar-refractivity contribution in [1.82, 2.24) is 4.72 Å². The van der Waals surface area contributed by atoms with Gasteiger partial charge in [-0.25, -0.2) is 13.1 Å². The maximum Gasteiger partial charge on any atom is 0.240 e. The number of ether oxygens (including phenoxy) is 1. The van der Waals surface area contributed by atoms with Gasteiger partial charge in [0.05, 0.1) is 11.5 Å². The number of hydrogen-bond acceptors (Lipinski definition) is 4. The molecule has 1 fully saturated rings. The first-order chi connectivity index (χ1) is 10.1. The predicted molar refractivity (Wildman–Crippen MR) is 80.6 cm³/mol. The van der Waals surface area contributed by atoms with Crippen LogP contribution in [0.3, 0.4) is 0 Å². The van der Waals surface area contributed by atoms with Gasteiger partial charge in [-0.2, -0.15) is 0 Å². The Morgan fingerprint density at radius 2 is 1.95 bits per heavy atom. The monoisotopic (exact) mass is 313 g/mol. The predicted octanol–water partition coefficient (Wildman–Crippen LogP) is 1.32. The number of aryl methyl sites for hydroxylation is 1. The van der Waals surface area contributed by atoms with Crippen LogP contribution in [-0.2, 0) is 21.2 Å². The highest BCUT2D eigenvalue weighted by atomic mass is 32.2. The number of sulfonamides is 1. The van der Waals surface area contributed by atoms with Crippen LogP contribution >= 0.6 is 0 Å². The van der Waals surface area contributed by atoms with Crippen LogP contribution in [0.4, 0.5) is 0 Å². The SMILES string of the molecule is O=S(=O)(NCCOCC1CC1)c1ccc(CCCO)cc1. The van der Waals surface area contributed by atoms with Crippen molar-refractivity contribution in [1.29, 1.82) is 0 Å². The molecule has 2 N–H and O–H groups in total. The van der Waals surface area contributed by atoms with Gasteiger partial charge in [0.15, 0.2) is 0 Å². The van der Waals surface area contributed by atoms with E-state index >= 15 is 0 Å². The Kier molecular flexibility index (Phi) is 6.17. The standard InChI is InChI=1S/C15H23NO4S/c17-10-1-2-13-5-7-15(8-6-13)21(18,19)16-9-11-20-12-14-3-4-14/h5-8,14,16-17H,1-4,9-12H2. The van der Waals surface area contributed by atoms with Gasteiger partial charge in [-0.3, -0.25) is 0 Å². The normalized spacial score (nSPS) is 15.3. The summed E-state index contributed by atoms with van der Waals surface area (Å²) >= 11 is 0. The fraction of sp³-hybridized carbons (Fsp3) is 0.600. The summed E-state index contributed by atoms with van der Waals surface area (Å²) in [5, 5.41) is 8.77. The molecule has 1 aliphatic rings. The second-order valence-corrected chi connectivity index (χ2v) is 7.15. The molecule has 1 saturated carbocycles. The van der Waals surface area contributed by atoms with E-state index in [0.29, 0.717) is 25.5 Å². The lowest BCUT2D eigenvalue weighted by Crippen LogP contribution is -2.27. The van der Waals surface area contributed by atoms with Gasteiger partial charge in [-0.05, 0) is 49.3 Å². The van der Waals surface area contributed by atoms with Crippen LogP contribution in [-0.4, -0.2) is 39.9 Å². The topological polar surface area (TPSA) is 75.6 Å². The van der Waals surface area contributed by atoms with Crippen molar-refractivity contribution < 1.29 is 18.3 Å². The first kappa shape index (κ1) is 16.4. The van der Waals surface area contributed by atoms with E-state index in [2.05, 4.69) is 4.72 Å². The number of benzene rings is 1. The van der Waals surface area contributed by atoms with Crippen molar-refractivity contribution in [3.8, 4) is 0 Å². The summed E-state index contributed by atoms with van der Waals surface area (Å²) in [5.74, 6) is 0.688. The molecule has 118 valence electrons. The molecule has 0 saturated heterocycles. The van der Waals surface area contributed by atoms with Gasteiger partial charge in [0.1, 0.15) is 0 Å². The molecular weight excluding hydrogens is 290 g/mol. The molecule has 0 aliphatic heterocycles. The third-order valence-electron chi connectivity index (χ3n) is 3.45. The molecule has 0 heterocycles. The van der Waals surface area contributed by atoms with Crippen LogP contribution in [0.5, 0.6) is 0 Å². The highest BCUT2D eigenvalue weighted by molar-refractivity contribution is 7.89. The van der Waals surface area contributed by atoms with E-state index in [1.807, 2.05) is 0 Å². The van der Waals surface area contributed by atoms with Crippen molar-refractivity contribution in [2.75, 3.05) is 26.4 Å². The number of aliphatic hydroxyl groups is 1. The van der Waals surface area contributed by atoms with Crippen LogP contribution in [0.25, 0.3) is 0 Å². The zero-order valence-corrected chi connectivity index (χ0v) is 12.9. The van der Waals surface area contributed by atoms with Crippen LogP contribution in [0.2, 0.25) is 0 Å². The second kappa shape index (κ2) is 7.89. The van der Waals surface area contributed by atoms with E-state index in [9.17, 15) is 8.42 Å². The third kappa shape index (κ3) is 5.74. The molecule has 1 aliphatic carbocycles. The molecule has 5 nitrogen and oxygen atoms in total. The fourth-order valence-corrected chi connectivity index (χ4v) is 3.00. The average Bonchev–Trinajstić information content (AvgIpc) is 3.29. The number of nitrogens with one attached hydrogen (secondary N) is 1. The van der Waals surface area contributed by atoms with Crippen LogP contribution in [0, 0.1) is 5.92 Å². The van der Waals surface area contributed by atoms with Gasteiger partial charge in [0, 0.05) is 19.8 Å². The highest BCUT2D eigenvalue weighted by Gasteiger charge is 2.21. The van der Waals surface area contributed by atoms with Crippen molar-refractivity contribution in [2.24, 2.45) is 5.92 Å². The lowest BCUT2D eigenvalue weighted by atomic mass is 10.1. The lowest BCUT2D eigenvalue weighted by Gasteiger charge is -2.08. The minimum Gasteiger partial charge on any atom is -0.396 e. The minimum absolute atomic E-state index is 0.141. The molecule has 0 amide bonds. The van der Waals surface area contributed by atoms with Crippen molar-refractivity contribution >= 4 is 10.0 Å². The Balaban J connectivity index is 1.77. The van der Waals surface area contributed by atoms with E-state index in [4.69, 9.17) is 9.84 Å². The molecule has 0 atom stereocenters. The van der Waals surface area contributed by atoms with Crippen LogP contribution in [0.15, 0.2) is 29.2 Å². The first-order valence-corrected chi connectivity index (χ1v) is 8.87. The minimum atomic E-state index is -3.46. The second-order valence-electron chi connectivity index (χ2n) is 5.39. The first-order valence-electron chi connectivity index (χ1n) is 7.39. The molecule has 0 aromatic heterocycles. The molecule has 0 spiro atoms. The molecule has 2 rings (SSSR count). The van der Waals surface area contributed by atoms with Gasteiger partial charge < -0.3 is 9.84 Å². The summed E-state index contributed by atoms with van der Waals surface area (Å²) in [7, 11) is -3.46. The summed E-state index contributed by atoms with van der Waals surface area (Å²) in [5.41, 5.74) is 1.02. The van der Waals surface area contributed by atoms with Gasteiger partial charge in [-0.15, -0.1) is 0 Å². The van der Waals surface area contributed by atoms with E-state index in [1.54, 1.807) is 24.3 Å². The largest absolute Gasteiger partial charge is 0.396 e. The number of rotatable bonds is 10. The maximum atomic E-state index is 12.1. The maximum absolute atomic E-state index is 12.1. The molecule has 6 heteroatoms. The Labute approximate surface area is 126 Å². The molecule has 21 heavy (non-hydrogen) atoms. The van der Waals surface area contributed by atoms with Crippen molar-refractivity contribution in [3.05, 3.63) is 29.8 Å². The van der Waals surface area contributed by atoms with E-state index in [-0.39, 0.29) is 11.5 Å². The Bertz CT molecular complexity index is 523. The molecule has 1 aromatic carbocycles. The van der Waals surface area contributed by atoms with Gasteiger partial charge >= 0.3 is 0 Å².